The molecular formula is C10H14N2O2S2. The third-order valence-corrected chi connectivity index (χ3v) is 4.33. The fourth-order valence-electron chi connectivity index (χ4n) is 1.56. The van der Waals surface area contributed by atoms with E-state index < -0.39 is 6.29 Å². The van der Waals surface area contributed by atoms with Gasteiger partial charge < -0.3 is 14.4 Å². The number of aryl methyl sites for hydroxylation is 1. The van der Waals surface area contributed by atoms with Gasteiger partial charge in [-0.1, -0.05) is 11.8 Å². The Morgan fingerprint density at radius 2 is 2.44 bits per heavy atom. The maximum absolute atomic E-state index is 9.78. The Bertz CT molecular complexity index is 492. The molecule has 0 saturated carbocycles. The van der Waals surface area contributed by atoms with E-state index in [1.165, 1.54) is 0 Å². The van der Waals surface area contributed by atoms with E-state index in [0.29, 0.717) is 6.61 Å². The second kappa shape index (κ2) is 4.75. The molecule has 1 atom stereocenters. The number of thiazole rings is 1. The lowest BCUT2D eigenvalue weighted by Gasteiger charge is -2.11. The molecule has 0 aromatic carbocycles. The number of hydrogen-bond acceptors (Lipinski definition) is 5. The Kier molecular flexibility index (Phi) is 3.53. The summed E-state index contributed by atoms with van der Waals surface area (Å²) in [4.78, 5) is 4.47. The number of rotatable bonds is 4. The Hall–Kier alpha value is -0.560. The van der Waals surface area contributed by atoms with E-state index in [9.17, 15) is 5.11 Å². The van der Waals surface area contributed by atoms with Crippen LogP contribution in [0, 0.1) is 0 Å². The number of hydrogen-bond donors (Lipinski definition) is 1. The summed E-state index contributed by atoms with van der Waals surface area (Å²) in [5.41, 5.74) is 1.66. The van der Waals surface area contributed by atoms with Gasteiger partial charge in [-0.05, 0) is 19.2 Å². The van der Waals surface area contributed by atoms with Crippen molar-refractivity contribution in [3.8, 4) is 0 Å². The molecule has 0 aliphatic carbocycles. The van der Waals surface area contributed by atoms with Crippen LogP contribution in [0.4, 0.5) is 0 Å². The van der Waals surface area contributed by atoms with Crippen LogP contribution in [0.15, 0.2) is 10.4 Å². The van der Waals surface area contributed by atoms with Gasteiger partial charge in [0.05, 0.1) is 10.4 Å². The zero-order valence-electron chi connectivity index (χ0n) is 9.43. The fraction of sp³-hybridized carbons (Fsp3) is 0.500. The van der Waals surface area contributed by atoms with Crippen LogP contribution in [0.2, 0.25) is 0 Å². The van der Waals surface area contributed by atoms with Crippen molar-refractivity contribution in [2.75, 3.05) is 12.9 Å². The average Bonchev–Trinajstić information content (AvgIpc) is 2.79. The quantitative estimate of drug-likeness (QED) is 0.675. The van der Waals surface area contributed by atoms with Crippen LogP contribution in [0.1, 0.15) is 18.9 Å². The first-order valence-corrected chi connectivity index (χ1v) is 7.01. The molecule has 0 radical (unpaired) electrons. The summed E-state index contributed by atoms with van der Waals surface area (Å²) >= 11 is 3.26. The summed E-state index contributed by atoms with van der Waals surface area (Å²) in [5, 5.41) is 9.78. The molecule has 0 fully saturated rings. The molecule has 16 heavy (non-hydrogen) atoms. The van der Waals surface area contributed by atoms with Gasteiger partial charge in [0.15, 0.2) is 16.3 Å². The monoisotopic (exact) mass is 258 g/mol. The van der Waals surface area contributed by atoms with Crippen LogP contribution in [-0.2, 0) is 11.8 Å². The van der Waals surface area contributed by atoms with Gasteiger partial charge in [0.1, 0.15) is 0 Å². The first kappa shape index (κ1) is 11.9. The molecular weight excluding hydrogens is 244 g/mol. The lowest BCUT2D eigenvalue weighted by atomic mass is 10.4. The van der Waals surface area contributed by atoms with Crippen molar-refractivity contribution < 1.29 is 9.84 Å². The Morgan fingerprint density at radius 1 is 1.69 bits per heavy atom. The third kappa shape index (κ3) is 1.98. The molecule has 6 heteroatoms. The summed E-state index contributed by atoms with van der Waals surface area (Å²) in [5.74, 6) is 0. The minimum atomic E-state index is -0.867. The second-order valence-electron chi connectivity index (χ2n) is 3.31. The number of aromatic nitrogens is 2. The van der Waals surface area contributed by atoms with Crippen LogP contribution >= 0.6 is 23.1 Å². The average molecular weight is 258 g/mol. The number of thioether (sulfide) groups is 1. The van der Waals surface area contributed by atoms with Crippen molar-refractivity contribution in [1.29, 1.82) is 0 Å². The highest BCUT2D eigenvalue weighted by atomic mass is 32.2. The van der Waals surface area contributed by atoms with Gasteiger partial charge in [0.2, 0.25) is 0 Å². The predicted molar refractivity (Wildman–Crippen MR) is 67.0 cm³/mol. The van der Waals surface area contributed by atoms with Gasteiger partial charge in [0.25, 0.3) is 0 Å². The van der Waals surface area contributed by atoms with Gasteiger partial charge in [-0.15, -0.1) is 11.3 Å². The smallest absolute Gasteiger partial charge is 0.196 e. The second-order valence-corrected chi connectivity index (χ2v) is 5.39. The number of fused-ring (bicyclic) bond motifs is 1. The molecule has 0 saturated heterocycles. The van der Waals surface area contributed by atoms with Gasteiger partial charge in [-0.3, -0.25) is 0 Å². The number of aliphatic hydroxyl groups is 1. The van der Waals surface area contributed by atoms with E-state index in [0.717, 1.165) is 20.4 Å². The summed E-state index contributed by atoms with van der Waals surface area (Å²) in [7, 11) is 1.89. The standard InChI is InChI=1S/C10H14N2O2S2/c1-4-14-9(13)6-5-7-8(12(6)2)11-10(15-3)16-7/h5,9,13H,4H2,1-3H3. The van der Waals surface area contributed by atoms with E-state index in [1.807, 2.05) is 30.9 Å². The maximum atomic E-state index is 9.78. The van der Waals surface area contributed by atoms with Gasteiger partial charge in [-0.25, -0.2) is 4.98 Å². The largest absolute Gasteiger partial charge is 0.363 e. The molecule has 1 N–H and O–H groups in total. The molecule has 0 bridgehead atoms. The molecule has 4 nitrogen and oxygen atoms in total. The Morgan fingerprint density at radius 3 is 3.00 bits per heavy atom. The molecule has 2 heterocycles. The van der Waals surface area contributed by atoms with Crippen molar-refractivity contribution in [2.45, 2.75) is 17.6 Å². The first-order valence-electron chi connectivity index (χ1n) is 4.97. The zero-order chi connectivity index (χ0) is 11.7. The van der Waals surface area contributed by atoms with E-state index in [2.05, 4.69) is 4.98 Å². The highest BCUT2D eigenvalue weighted by Crippen LogP contribution is 2.32. The first-order chi connectivity index (χ1) is 7.67. The van der Waals surface area contributed by atoms with Crippen molar-refractivity contribution in [1.82, 2.24) is 9.55 Å². The maximum Gasteiger partial charge on any atom is 0.196 e. The zero-order valence-corrected chi connectivity index (χ0v) is 11.1. The highest BCUT2D eigenvalue weighted by molar-refractivity contribution is 8.00. The van der Waals surface area contributed by atoms with Crippen molar-refractivity contribution in [2.24, 2.45) is 7.05 Å². The molecule has 2 aromatic rings. The molecule has 1 unspecified atom stereocenters. The van der Waals surface area contributed by atoms with Crippen LogP contribution in [0.3, 0.4) is 0 Å². The van der Waals surface area contributed by atoms with Crippen LogP contribution in [0.5, 0.6) is 0 Å². The number of ether oxygens (including phenoxy) is 1. The summed E-state index contributed by atoms with van der Waals surface area (Å²) in [6.07, 6.45) is 1.14. The van der Waals surface area contributed by atoms with Crippen LogP contribution in [-0.4, -0.2) is 27.5 Å². The Balaban J connectivity index is 2.41. The lowest BCUT2D eigenvalue weighted by Crippen LogP contribution is -2.07. The number of nitrogens with zero attached hydrogens (tertiary/aromatic N) is 2. The normalized spacial score (nSPS) is 13.5. The molecule has 0 aliphatic rings. The van der Waals surface area contributed by atoms with Crippen molar-refractivity contribution in [3.63, 3.8) is 0 Å². The van der Waals surface area contributed by atoms with Crippen LogP contribution in [0.25, 0.3) is 10.3 Å². The minimum Gasteiger partial charge on any atom is -0.363 e. The van der Waals surface area contributed by atoms with E-state index in [-0.39, 0.29) is 0 Å². The van der Waals surface area contributed by atoms with Gasteiger partial charge in [0, 0.05) is 13.7 Å². The SMILES string of the molecule is CCOC(O)c1cc2sc(SC)nc2n1C. The molecule has 2 rings (SSSR count). The van der Waals surface area contributed by atoms with E-state index in [4.69, 9.17) is 4.74 Å². The molecule has 88 valence electrons. The van der Waals surface area contributed by atoms with Crippen molar-refractivity contribution in [3.05, 3.63) is 11.8 Å². The summed E-state index contributed by atoms with van der Waals surface area (Å²) < 4.78 is 9.18. The van der Waals surface area contributed by atoms with Crippen LogP contribution < -0.4 is 0 Å². The van der Waals surface area contributed by atoms with Crippen molar-refractivity contribution >= 4 is 33.4 Å². The molecule has 0 amide bonds. The summed E-state index contributed by atoms with van der Waals surface area (Å²) in [6.45, 7) is 2.35. The Labute approximate surface area is 102 Å². The minimum absolute atomic E-state index is 0.490. The van der Waals surface area contributed by atoms with E-state index >= 15 is 0 Å². The van der Waals surface area contributed by atoms with E-state index in [1.54, 1.807) is 23.1 Å². The summed E-state index contributed by atoms with van der Waals surface area (Å²) in [6, 6.07) is 1.94. The fourth-order valence-corrected chi connectivity index (χ4v) is 3.11. The molecule has 2 aromatic heterocycles. The third-order valence-electron chi connectivity index (χ3n) is 2.35. The predicted octanol–water partition coefficient (Wildman–Crippen LogP) is 2.38. The highest BCUT2D eigenvalue weighted by Gasteiger charge is 2.17. The van der Waals surface area contributed by atoms with Gasteiger partial charge in [-0.2, -0.15) is 0 Å². The number of aliphatic hydroxyl groups excluding tert-OH is 1. The lowest BCUT2D eigenvalue weighted by molar-refractivity contribution is -0.102. The molecule has 0 spiro atoms. The molecule has 0 aliphatic heterocycles. The van der Waals surface area contributed by atoms with Gasteiger partial charge >= 0.3 is 0 Å². The topological polar surface area (TPSA) is 47.3 Å².